The SMILES string of the molecule is CCC1(C)NC(C(C)C)N(C(C)CC2CC2)C1=O. The zero-order chi connectivity index (χ0) is 13.5. The van der Waals surface area contributed by atoms with Gasteiger partial charge in [0.15, 0.2) is 0 Å². The molecule has 1 amide bonds. The summed E-state index contributed by atoms with van der Waals surface area (Å²) < 4.78 is 0. The van der Waals surface area contributed by atoms with Gasteiger partial charge in [0.25, 0.3) is 0 Å². The molecule has 1 N–H and O–H groups in total. The van der Waals surface area contributed by atoms with E-state index in [1.165, 1.54) is 19.3 Å². The number of rotatable bonds is 5. The van der Waals surface area contributed by atoms with E-state index in [4.69, 9.17) is 0 Å². The Bertz CT molecular complexity index is 324. The first-order valence-electron chi connectivity index (χ1n) is 7.49. The third-order valence-corrected chi connectivity index (χ3v) is 4.66. The number of hydrogen-bond acceptors (Lipinski definition) is 2. The van der Waals surface area contributed by atoms with E-state index in [1.54, 1.807) is 0 Å². The van der Waals surface area contributed by atoms with Crippen LogP contribution < -0.4 is 5.32 Å². The van der Waals surface area contributed by atoms with Gasteiger partial charge in [0.2, 0.25) is 5.91 Å². The van der Waals surface area contributed by atoms with E-state index in [1.807, 2.05) is 0 Å². The molecule has 1 heterocycles. The minimum atomic E-state index is -0.354. The van der Waals surface area contributed by atoms with E-state index in [-0.39, 0.29) is 11.7 Å². The molecule has 0 aromatic heterocycles. The van der Waals surface area contributed by atoms with Crippen LogP contribution in [0.25, 0.3) is 0 Å². The van der Waals surface area contributed by atoms with E-state index in [0.717, 1.165) is 12.3 Å². The predicted octanol–water partition coefficient (Wildman–Crippen LogP) is 2.76. The third-order valence-electron chi connectivity index (χ3n) is 4.66. The third kappa shape index (κ3) is 2.42. The fourth-order valence-corrected chi connectivity index (χ4v) is 3.03. The Kier molecular flexibility index (Phi) is 3.72. The van der Waals surface area contributed by atoms with Crippen LogP contribution in [0.15, 0.2) is 0 Å². The molecule has 18 heavy (non-hydrogen) atoms. The van der Waals surface area contributed by atoms with Crippen molar-refractivity contribution >= 4 is 5.91 Å². The minimum absolute atomic E-state index is 0.205. The first-order chi connectivity index (χ1) is 8.39. The van der Waals surface area contributed by atoms with Gasteiger partial charge < -0.3 is 4.90 Å². The number of amides is 1. The monoisotopic (exact) mass is 252 g/mol. The van der Waals surface area contributed by atoms with Gasteiger partial charge in [-0.2, -0.15) is 0 Å². The Hall–Kier alpha value is -0.570. The fraction of sp³-hybridized carbons (Fsp3) is 0.933. The van der Waals surface area contributed by atoms with Crippen LogP contribution in [-0.4, -0.2) is 28.6 Å². The Labute approximate surface area is 111 Å². The number of nitrogens with one attached hydrogen (secondary N) is 1. The Morgan fingerprint density at radius 3 is 2.44 bits per heavy atom. The maximum atomic E-state index is 12.7. The van der Waals surface area contributed by atoms with Crippen LogP contribution in [0.1, 0.15) is 60.3 Å². The van der Waals surface area contributed by atoms with Crippen molar-refractivity contribution in [3.8, 4) is 0 Å². The van der Waals surface area contributed by atoms with Crippen molar-refractivity contribution in [3.05, 3.63) is 0 Å². The summed E-state index contributed by atoms with van der Waals surface area (Å²) in [5.41, 5.74) is -0.354. The molecule has 1 saturated carbocycles. The van der Waals surface area contributed by atoms with Gasteiger partial charge in [-0.25, -0.2) is 0 Å². The number of nitrogens with zero attached hydrogens (tertiary/aromatic N) is 1. The maximum Gasteiger partial charge on any atom is 0.244 e. The zero-order valence-corrected chi connectivity index (χ0v) is 12.5. The molecule has 0 bridgehead atoms. The van der Waals surface area contributed by atoms with E-state index < -0.39 is 0 Å². The minimum Gasteiger partial charge on any atom is -0.323 e. The normalized spacial score (nSPS) is 34.4. The lowest BCUT2D eigenvalue weighted by Gasteiger charge is -2.32. The van der Waals surface area contributed by atoms with Gasteiger partial charge in [-0.3, -0.25) is 10.1 Å². The van der Waals surface area contributed by atoms with Gasteiger partial charge in [0.05, 0.1) is 11.7 Å². The predicted molar refractivity (Wildman–Crippen MR) is 74.1 cm³/mol. The van der Waals surface area contributed by atoms with Crippen LogP contribution >= 0.6 is 0 Å². The quantitative estimate of drug-likeness (QED) is 0.816. The van der Waals surface area contributed by atoms with Gasteiger partial charge >= 0.3 is 0 Å². The topological polar surface area (TPSA) is 32.3 Å². The first kappa shape index (κ1) is 13.9. The summed E-state index contributed by atoms with van der Waals surface area (Å²) in [5.74, 6) is 1.63. The van der Waals surface area contributed by atoms with Crippen molar-refractivity contribution in [1.82, 2.24) is 10.2 Å². The molecule has 1 aliphatic heterocycles. The van der Waals surface area contributed by atoms with Crippen molar-refractivity contribution in [1.29, 1.82) is 0 Å². The van der Waals surface area contributed by atoms with Crippen LogP contribution in [0.3, 0.4) is 0 Å². The molecule has 0 aromatic carbocycles. The molecule has 1 saturated heterocycles. The summed E-state index contributed by atoms with van der Waals surface area (Å²) in [6.07, 6.45) is 4.96. The molecule has 3 atom stereocenters. The van der Waals surface area contributed by atoms with E-state index in [9.17, 15) is 4.79 Å². The molecular weight excluding hydrogens is 224 g/mol. The van der Waals surface area contributed by atoms with E-state index in [2.05, 4.69) is 44.8 Å². The highest BCUT2D eigenvalue weighted by Crippen LogP contribution is 2.37. The van der Waals surface area contributed by atoms with Crippen LogP contribution in [-0.2, 0) is 4.79 Å². The van der Waals surface area contributed by atoms with Crippen molar-refractivity contribution < 1.29 is 4.79 Å². The van der Waals surface area contributed by atoms with Crippen molar-refractivity contribution in [2.75, 3.05) is 0 Å². The molecule has 104 valence electrons. The van der Waals surface area contributed by atoms with Gasteiger partial charge in [-0.05, 0) is 38.5 Å². The Morgan fingerprint density at radius 2 is 2.00 bits per heavy atom. The lowest BCUT2D eigenvalue weighted by Crippen LogP contribution is -2.46. The molecule has 0 aromatic rings. The second-order valence-electron chi connectivity index (χ2n) is 6.76. The molecule has 3 nitrogen and oxygen atoms in total. The molecule has 3 unspecified atom stereocenters. The summed E-state index contributed by atoms with van der Waals surface area (Å²) in [6.45, 7) is 10.8. The summed E-state index contributed by atoms with van der Waals surface area (Å²) in [5, 5.41) is 3.57. The molecule has 2 fully saturated rings. The smallest absolute Gasteiger partial charge is 0.244 e. The highest BCUT2D eigenvalue weighted by Gasteiger charge is 2.49. The first-order valence-corrected chi connectivity index (χ1v) is 7.49. The lowest BCUT2D eigenvalue weighted by molar-refractivity contribution is -0.135. The van der Waals surface area contributed by atoms with Crippen LogP contribution in [0, 0.1) is 11.8 Å². The molecule has 3 heteroatoms. The van der Waals surface area contributed by atoms with Crippen molar-refractivity contribution in [3.63, 3.8) is 0 Å². The van der Waals surface area contributed by atoms with E-state index in [0.29, 0.717) is 17.9 Å². The molecule has 0 radical (unpaired) electrons. The Balaban J connectivity index is 2.15. The number of carbonyl (C=O) groups excluding carboxylic acids is 1. The largest absolute Gasteiger partial charge is 0.323 e. The molecule has 2 aliphatic rings. The van der Waals surface area contributed by atoms with Crippen LogP contribution in [0.4, 0.5) is 0 Å². The molecule has 1 aliphatic carbocycles. The maximum absolute atomic E-state index is 12.7. The summed E-state index contributed by atoms with van der Waals surface area (Å²) >= 11 is 0. The standard InChI is InChI=1S/C15H28N2O/c1-6-15(5)14(18)17(13(16-15)10(2)3)11(4)9-12-7-8-12/h10-13,16H,6-9H2,1-5H3. The van der Waals surface area contributed by atoms with Gasteiger partial charge in [-0.1, -0.05) is 33.6 Å². The average Bonchev–Trinajstić information content (AvgIpc) is 3.06. The van der Waals surface area contributed by atoms with Gasteiger partial charge in [-0.15, -0.1) is 0 Å². The number of hydrogen-bond donors (Lipinski definition) is 1. The Morgan fingerprint density at radius 1 is 1.39 bits per heavy atom. The fourth-order valence-electron chi connectivity index (χ4n) is 3.03. The highest BCUT2D eigenvalue weighted by molar-refractivity contribution is 5.88. The molecule has 0 spiro atoms. The summed E-state index contributed by atoms with van der Waals surface area (Å²) in [7, 11) is 0. The van der Waals surface area contributed by atoms with Crippen molar-refractivity contribution in [2.24, 2.45) is 11.8 Å². The van der Waals surface area contributed by atoms with Gasteiger partial charge in [0, 0.05) is 6.04 Å². The second kappa shape index (κ2) is 4.84. The zero-order valence-electron chi connectivity index (χ0n) is 12.5. The average molecular weight is 252 g/mol. The summed E-state index contributed by atoms with van der Waals surface area (Å²) in [6, 6.07) is 0.373. The van der Waals surface area contributed by atoms with Crippen LogP contribution in [0.2, 0.25) is 0 Å². The summed E-state index contributed by atoms with van der Waals surface area (Å²) in [4.78, 5) is 14.8. The number of carbonyl (C=O) groups is 1. The lowest BCUT2D eigenvalue weighted by atomic mass is 9.98. The van der Waals surface area contributed by atoms with Crippen LogP contribution in [0.5, 0.6) is 0 Å². The van der Waals surface area contributed by atoms with Crippen molar-refractivity contribution in [2.45, 2.75) is 78.0 Å². The second-order valence-corrected chi connectivity index (χ2v) is 6.76. The molecule has 2 rings (SSSR count). The van der Waals surface area contributed by atoms with Gasteiger partial charge in [0.1, 0.15) is 0 Å². The molecular formula is C15H28N2O. The highest BCUT2D eigenvalue weighted by atomic mass is 16.2. The van der Waals surface area contributed by atoms with E-state index >= 15 is 0 Å².